The van der Waals surface area contributed by atoms with Gasteiger partial charge in [0.1, 0.15) is 4.90 Å². The summed E-state index contributed by atoms with van der Waals surface area (Å²) in [7, 11) is -2.15. The Morgan fingerprint density at radius 2 is 1.76 bits per heavy atom. The highest BCUT2D eigenvalue weighted by Crippen LogP contribution is 2.30. The molecule has 0 aliphatic rings. The maximum Gasteiger partial charge on any atom is 0.244 e. The number of hydrogen-bond donors (Lipinski definition) is 1. The van der Waals surface area contributed by atoms with Gasteiger partial charge in [0.05, 0.1) is 5.02 Å². The minimum absolute atomic E-state index is 0.0589. The van der Waals surface area contributed by atoms with Crippen LogP contribution in [0.25, 0.3) is 0 Å². The molecule has 0 saturated carbocycles. The standard InChI is InChI=1S/C15H17ClN2O2S/c1-11(12-6-4-3-5-7-12)18(2)21(19,20)15-9-8-13(17)10-14(15)16/h3-11H,17H2,1-2H3. The fraction of sp³-hybridized carbons (Fsp3) is 0.200. The van der Waals surface area contributed by atoms with Crippen LogP contribution in [0.2, 0.25) is 5.02 Å². The van der Waals surface area contributed by atoms with Crippen LogP contribution in [-0.4, -0.2) is 19.8 Å². The largest absolute Gasteiger partial charge is 0.399 e. The van der Waals surface area contributed by atoms with Gasteiger partial charge in [0.15, 0.2) is 0 Å². The highest BCUT2D eigenvalue weighted by Gasteiger charge is 2.28. The van der Waals surface area contributed by atoms with Crippen LogP contribution in [0.1, 0.15) is 18.5 Å². The SMILES string of the molecule is CC(c1ccccc1)N(C)S(=O)(=O)c1ccc(N)cc1Cl. The van der Waals surface area contributed by atoms with Gasteiger partial charge in [-0.15, -0.1) is 0 Å². The number of rotatable bonds is 4. The Hall–Kier alpha value is -1.56. The van der Waals surface area contributed by atoms with Gasteiger partial charge in [-0.3, -0.25) is 0 Å². The Morgan fingerprint density at radius 3 is 2.33 bits per heavy atom. The Balaban J connectivity index is 2.39. The van der Waals surface area contributed by atoms with E-state index < -0.39 is 10.0 Å². The molecule has 0 spiro atoms. The van der Waals surface area contributed by atoms with Gasteiger partial charge < -0.3 is 5.73 Å². The van der Waals surface area contributed by atoms with E-state index in [-0.39, 0.29) is 16.0 Å². The normalized spacial score (nSPS) is 13.3. The molecule has 0 bridgehead atoms. The van der Waals surface area contributed by atoms with E-state index in [2.05, 4.69) is 0 Å². The number of anilines is 1. The second kappa shape index (κ2) is 6.05. The summed E-state index contributed by atoms with van der Waals surface area (Å²) in [6, 6.07) is 13.5. The van der Waals surface area contributed by atoms with Crippen LogP contribution >= 0.6 is 11.6 Å². The molecule has 0 radical (unpaired) electrons. The molecule has 0 heterocycles. The van der Waals surface area contributed by atoms with E-state index in [1.807, 2.05) is 37.3 Å². The lowest BCUT2D eigenvalue weighted by Crippen LogP contribution is -2.30. The zero-order chi connectivity index (χ0) is 15.6. The number of nitrogens with zero attached hydrogens (tertiary/aromatic N) is 1. The van der Waals surface area contributed by atoms with Crippen molar-refractivity contribution >= 4 is 27.3 Å². The minimum Gasteiger partial charge on any atom is -0.399 e. The topological polar surface area (TPSA) is 63.4 Å². The summed E-state index contributed by atoms with van der Waals surface area (Å²) in [6.45, 7) is 1.83. The molecule has 0 aromatic heterocycles. The first-order valence-electron chi connectivity index (χ1n) is 6.42. The zero-order valence-electron chi connectivity index (χ0n) is 11.8. The smallest absolute Gasteiger partial charge is 0.244 e. The van der Waals surface area contributed by atoms with E-state index >= 15 is 0 Å². The third-order valence-electron chi connectivity index (χ3n) is 3.44. The molecule has 0 fully saturated rings. The van der Waals surface area contributed by atoms with Gasteiger partial charge in [0.2, 0.25) is 10.0 Å². The Morgan fingerprint density at radius 1 is 1.14 bits per heavy atom. The summed E-state index contributed by atoms with van der Waals surface area (Å²) in [6.07, 6.45) is 0. The molecule has 4 nitrogen and oxygen atoms in total. The third-order valence-corrected chi connectivity index (χ3v) is 5.85. The van der Waals surface area contributed by atoms with E-state index in [0.717, 1.165) is 5.56 Å². The molecule has 112 valence electrons. The first kappa shape index (κ1) is 15.8. The molecule has 2 rings (SSSR count). The monoisotopic (exact) mass is 324 g/mol. The van der Waals surface area contributed by atoms with Crippen LogP contribution in [0.3, 0.4) is 0 Å². The fourth-order valence-corrected chi connectivity index (χ4v) is 3.91. The van der Waals surface area contributed by atoms with Crippen LogP contribution in [0, 0.1) is 0 Å². The number of nitrogens with two attached hydrogens (primary N) is 1. The van der Waals surface area contributed by atoms with Crippen molar-refractivity contribution in [2.75, 3.05) is 12.8 Å². The molecule has 0 aliphatic carbocycles. The van der Waals surface area contributed by atoms with Gasteiger partial charge in [0, 0.05) is 18.8 Å². The van der Waals surface area contributed by atoms with E-state index in [4.69, 9.17) is 17.3 Å². The van der Waals surface area contributed by atoms with E-state index in [9.17, 15) is 8.42 Å². The van der Waals surface area contributed by atoms with Crippen molar-refractivity contribution in [1.29, 1.82) is 0 Å². The second-order valence-electron chi connectivity index (χ2n) is 4.80. The lowest BCUT2D eigenvalue weighted by atomic mass is 10.1. The van der Waals surface area contributed by atoms with Gasteiger partial charge in [-0.05, 0) is 30.7 Å². The summed E-state index contributed by atoms with van der Waals surface area (Å²) in [5, 5.41) is 0.127. The summed E-state index contributed by atoms with van der Waals surface area (Å²) in [5.74, 6) is 0. The predicted octanol–water partition coefficient (Wildman–Crippen LogP) is 3.30. The van der Waals surface area contributed by atoms with Crippen molar-refractivity contribution in [3.8, 4) is 0 Å². The molecular formula is C15H17ClN2O2S. The van der Waals surface area contributed by atoms with E-state index in [1.165, 1.54) is 22.5 Å². The Bertz CT molecular complexity index is 733. The minimum atomic E-state index is -3.69. The highest BCUT2D eigenvalue weighted by atomic mass is 35.5. The maximum atomic E-state index is 12.7. The number of benzene rings is 2. The van der Waals surface area contributed by atoms with Gasteiger partial charge in [-0.1, -0.05) is 41.9 Å². The van der Waals surface area contributed by atoms with Gasteiger partial charge >= 0.3 is 0 Å². The lowest BCUT2D eigenvalue weighted by Gasteiger charge is -2.25. The first-order valence-corrected chi connectivity index (χ1v) is 8.24. The molecule has 1 unspecified atom stereocenters. The van der Waals surface area contributed by atoms with Crippen LogP contribution in [0.15, 0.2) is 53.4 Å². The average Bonchev–Trinajstić information content (AvgIpc) is 2.46. The number of nitrogen functional groups attached to an aromatic ring is 1. The molecule has 0 saturated heterocycles. The molecule has 2 N–H and O–H groups in total. The van der Waals surface area contributed by atoms with Crippen molar-refractivity contribution in [3.63, 3.8) is 0 Å². The summed E-state index contributed by atoms with van der Waals surface area (Å²) in [4.78, 5) is 0.0589. The number of sulfonamides is 1. The second-order valence-corrected chi connectivity index (χ2v) is 7.17. The fourth-order valence-electron chi connectivity index (χ4n) is 2.03. The van der Waals surface area contributed by atoms with Crippen LogP contribution in [0.4, 0.5) is 5.69 Å². The quantitative estimate of drug-likeness (QED) is 0.878. The maximum absolute atomic E-state index is 12.7. The van der Waals surface area contributed by atoms with Crippen molar-refractivity contribution in [3.05, 3.63) is 59.1 Å². The van der Waals surface area contributed by atoms with Crippen LogP contribution in [0.5, 0.6) is 0 Å². The number of halogens is 1. The molecule has 2 aromatic rings. The summed E-state index contributed by atoms with van der Waals surface area (Å²) >= 11 is 6.02. The van der Waals surface area contributed by atoms with Gasteiger partial charge in [-0.25, -0.2) is 8.42 Å². The molecular weight excluding hydrogens is 308 g/mol. The van der Waals surface area contributed by atoms with Crippen LogP contribution < -0.4 is 5.73 Å². The van der Waals surface area contributed by atoms with Crippen molar-refractivity contribution in [2.24, 2.45) is 0 Å². The Labute approximate surface area is 130 Å². The molecule has 21 heavy (non-hydrogen) atoms. The molecule has 2 aromatic carbocycles. The van der Waals surface area contributed by atoms with E-state index in [1.54, 1.807) is 7.05 Å². The molecule has 6 heteroatoms. The van der Waals surface area contributed by atoms with Crippen molar-refractivity contribution in [1.82, 2.24) is 4.31 Å². The van der Waals surface area contributed by atoms with Crippen molar-refractivity contribution in [2.45, 2.75) is 17.9 Å². The highest BCUT2D eigenvalue weighted by molar-refractivity contribution is 7.89. The molecule has 1 atom stereocenters. The lowest BCUT2D eigenvalue weighted by molar-refractivity contribution is 0.398. The molecule has 0 amide bonds. The summed E-state index contributed by atoms with van der Waals surface area (Å²) < 4.78 is 26.7. The molecule has 0 aliphatic heterocycles. The van der Waals surface area contributed by atoms with Gasteiger partial charge in [0.25, 0.3) is 0 Å². The summed E-state index contributed by atoms with van der Waals surface area (Å²) in [5.41, 5.74) is 6.95. The first-order chi connectivity index (χ1) is 9.84. The zero-order valence-corrected chi connectivity index (χ0v) is 13.4. The number of hydrogen-bond acceptors (Lipinski definition) is 3. The third kappa shape index (κ3) is 3.20. The van der Waals surface area contributed by atoms with Crippen molar-refractivity contribution < 1.29 is 8.42 Å². The van der Waals surface area contributed by atoms with Crippen LogP contribution in [-0.2, 0) is 10.0 Å². The van der Waals surface area contributed by atoms with E-state index in [0.29, 0.717) is 5.69 Å². The Kier molecular flexibility index (Phi) is 4.56. The van der Waals surface area contributed by atoms with Gasteiger partial charge in [-0.2, -0.15) is 4.31 Å². The average molecular weight is 325 g/mol. The predicted molar refractivity (Wildman–Crippen MR) is 85.7 cm³/mol.